The van der Waals surface area contributed by atoms with Crippen LogP contribution in [0.15, 0.2) is 0 Å². The molecule has 5 heteroatoms. The average molecular weight is 270 g/mol. The van der Waals surface area contributed by atoms with Gasteiger partial charge in [0.1, 0.15) is 0 Å². The molecule has 0 saturated carbocycles. The highest BCUT2D eigenvalue weighted by Crippen LogP contribution is 2.16. The molecule has 0 N–H and O–H groups in total. The van der Waals surface area contributed by atoms with Gasteiger partial charge in [-0.15, -0.1) is 0 Å². The Morgan fingerprint density at radius 2 is 2.00 bits per heavy atom. The van der Waals surface area contributed by atoms with E-state index in [1.165, 1.54) is 6.42 Å². The van der Waals surface area contributed by atoms with Crippen molar-refractivity contribution in [1.29, 1.82) is 0 Å². The second-order valence-electron chi connectivity index (χ2n) is 5.04. The first-order valence-corrected chi connectivity index (χ1v) is 7.25. The van der Waals surface area contributed by atoms with Gasteiger partial charge in [-0.3, -0.25) is 14.5 Å². The van der Waals surface area contributed by atoms with Crippen molar-refractivity contribution >= 4 is 11.9 Å². The van der Waals surface area contributed by atoms with Crippen LogP contribution < -0.4 is 0 Å². The summed E-state index contributed by atoms with van der Waals surface area (Å²) in [5.74, 6) is -0.137. The number of likely N-dealkylation sites (tertiary alicyclic amines) is 1. The van der Waals surface area contributed by atoms with E-state index < -0.39 is 0 Å². The van der Waals surface area contributed by atoms with E-state index >= 15 is 0 Å². The molecule has 110 valence electrons. The maximum absolute atomic E-state index is 12.2. The second kappa shape index (κ2) is 8.15. The third-order valence-corrected chi connectivity index (χ3v) is 3.59. The van der Waals surface area contributed by atoms with Crippen LogP contribution in [0.5, 0.6) is 0 Å². The summed E-state index contributed by atoms with van der Waals surface area (Å²) in [7, 11) is 0. The van der Waals surface area contributed by atoms with Gasteiger partial charge in [0.2, 0.25) is 5.91 Å². The van der Waals surface area contributed by atoms with Gasteiger partial charge in [0.15, 0.2) is 0 Å². The third kappa shape index (κ3) is 5.19. The highest BCUT2D eigenvalue weighted by molar-refractivity contribution is 5.79. The number of piperidine rings is 1. The third-order valence-electron chi connectivity index (χ3n) is 3.59. The molecule has 0 aromatic carbocycles. The van der Waals surface area contributed by atoms with Crippen molar-refractivity contribution in [3.05, 3.63) is 0 Å². The minimum Gasteiger partial charge on any atom is -0.465 e. The van der Waals surface area contributed by atoms with Crippen LogP contribution in [0.1, 0.15) is 40.0 Å². The van der Waals surface area contributed by atoms with Crippen LogP contribution in [0, 0.1) is 0 Å². The topological polar surface area (TPSA) is 49.9 Å². The Balaban J connectivity index is 2.45. The molecule has 1 unspecified atom stereocenters. The van der Waals surface area contributed by atoms with Crippen molar-refractivity contribution < 1.29 is 14.3 Å². The SMILES string of the molecule is CCOC(=O)CN(CC)CC(=O)N1CCCCC1C. The number of ether oxygens (including phenoxy) is 1. The molecule has 5 nitrogen and oxygen atoms in total. The van der Waals surface area contributed by atoms with Gasteiger partial charge >= 0.3 is 5.97 Å². The van der Waals surface area contributed by atoms with Gasteiger partial charge < -0.3 is 9.64 Å². The molecule has 1 aliphatic heterocycles. The molecule has 1 heterocycles. The van der Waals surface area contributed by atoms with Crippen molar-refractivity contribution in [1.82, 2.24) is 9.80 Å². The Kier molecular flexibility index (Phi) is 6.84. The molecule has 0 spiro atoms. The summed E-state index contributed by atoms with van der Waals surface area (Å²) in [4.78, 5) is 27.5. The summed E-state index contributed by atoms with van der Waals surface area (Å²) in [6.07, 6.45) is 3.36. The van der Waals surface area contributed by atoms with Crippen LogP contribution in [0.2, 0.25) is 0 Å². The average Bonchev–Trinajstić information content (AvgIpc) is 2.38. The summed E-state index contributed by atoms with van der Waals surface area (Å²) in [5, 5.41) is 0. The zero-order chi connectivity index (χ0) is 14.3. The van der Waals surface area contributed by atoms with Crippen molar-refractivity contribution in [3.63, 3.8) is 0 Å². The molecule has 1 saturated heterocycles. The van der Waals surface area contributed by atoms with Gasteiger partial charge in [0.05, 0.1) is 19.7 Å². The van der Waals surface area contributed by atoms with E-state index in [0.29, 0.717) is 25.7 Å². The first kappa shape index (κ1) is 16.0. The monoisotopic (exact) mass is 270 g/mol. The fraction of sp³-hybridized carbons (Fsp3) is 0.857. The molecule has 1 amide bonds. The summed E-state index contributed by atoms with van der Waals surface area (Å²) in [6, 6.07) is 0.322. The number of nitrogens with zero attached hydrogens (tertiary/aromatic N) is 2. The lowest BCUT2D eigenvalue weighted by molar-refractivity contribution is -0.145. The quantitative estimate of drug-likeness (QED) is 0.682. The number of hydrogen-bond donors (Lipinski definition) is 0. The van der Waals surface area contributed by atoms with E-state index in [1.807, 2.05) is 16.7 Å². The first-order valence-electron chi connectivity index (χ1n) is 7.25. The minimum atomic E-state index is -0.260. The largest absolute Gasteiger partial charge is 0.465 e. The Bertz CT molecular complexity index is 307. The van der Waals surface area contributed by atoms with Gasteiger partial charge in [0.25, 0.3) is 0 Å². The van der Waals surface area contributed by atoms with Crippen LogP contribution in [-0.2, 0) is 14.3 Å². The molecular weight excluding hydrogens is 244 g/mol. The fourth-order valence-electron chi connectivity index (χ4n) is 2.42. The van der Waals surface area contributed by atoms with E-state index in [1.54, 1.807) is 6.92 Å². The number of esters is 1. The molecule has 1 atom stereocenters. The van der Waals surface area contributed by atoms with Crippen LogP contribution in [0.4, 0.5) is 0 Å². The first-order chi connectivity index (χ1) is 9.08. The zero-order valence-corrected chi connectivity index (χ0v) is 12.4. The van der Waals surface area contributed by atoms with Crippen molar-refractivity contribution in [3.8, 4) is 0 Å². The molecule has 0 aromatic heterocycles. The normalized spacial score (nSPS) is 19.6. The van der Waals surface area contributed by atoms with E-state index in [2.05, 4.69) is 6.92 Å². The molecule has 1 fully saturated rings. The maximum Gasteiger partial charge on any atom is 0.320 e. The highest BCUT2D eigenvalue weighted by Gasteiger charge is 2.24. The maximum atomic E-state index is 12.2. The number of rotatable bonds is 6. The Labute approximate surface area is 115 Å². The summed E-state index contributed by atoms with van der Waals surface area (Å²) < 4.78 is 4.92. The summed E-state index contributed by atoms with van der Waals surface area (Å²) in [6.45, 7) is 8.23. The number of carbonyl (C=O) groups excluding carboxylic acids is 2. The number of hydrogen-bond acceptors (Lipinski definition) is 4. The van der Waals surface area contributed by atoms with Crippen LogP contribution in [0.3, 0.4) is 0 Å². The molecule has 1 aliphatic rings. The van der Waals surface area contributed by atoms with Gasteiger partial charge in [-0.25, -0.2) is 0 Å². The zero-order valence-electron chi connectivity index (χ0n) is 12.4. The predicted octanol–water partition coefficient (Wildman–Crippen LogP) is 1.27. The molecule has 19 heavy (non-hydrogen) atoms. The predicted molar refractivity (Wildman–Crippen MR) is 73.8 cm³/mol. The smallest absolute Gasteiger partial charge is 0.320 e. The van der Waals surface area contributed by atoms with E-state index in [0.717, 1.165) is 19.4 Å². The Morgan fingerprint density at radius 3 is 2.58 bits per heavy atom. The van der Waals surface area contributed by atoms with Gasteiger partial charge in [-0.2, -0.15) is 0 Å². The summed E-state index contributed by atoms with van der Waals surface area (Å²) >= 11 is 0. The Morgan fingerprint density at radius 1 is 1.26 bits per heavy atom. The highest BCUT2D eigenvalue weighted by atomic mass is 16.5. The second-order valence-corrected chi connectivity index (χ2v) is 5.04. The van der Waals surface area contributed by atoms with Crippen LogP contribution in [-0.4, -0.2) is 60.5 Å². The van der Waals surface area contributed by atoms with E-state index in [9.17, 15) is 9.59 Å². The van der Waals surface area contributed by atoms with Gasteiger partial charge in [-0.1, -0.05) is 6.92 Å². The van der Waals surface area contributed by atoms with E-state index in [4.69, 9.17) is 4.74 Å². The van der Waals surface area contributed by atoms with Crippen molar-refractivity contribution in [2.75, 3.05) is 32.8 Å². The lowest BCUT2D eigenvalue weighted by Crippen LogP contribution is -2.47. The molecule has 0 aromatic rings. The van der Waals surface area contributed by atoms with Crippen LogP contribution in [0.25, 0.3) is 0 Å². The molecule has 0 radical (unpaired) electrons. The number of carbonyl (C=O) groups is 2. The molecule has 1 rings (SSSR count). The lowest BCUT2D eigenvalue weighted by atomic mass is 10.0. The summed E-state index contributed by atoms with van der Waals surface area (Å²) in [5.41, 5.74) is 0. The Hall–Kier alpha value is -1.10. The number of likely N-dealkylation sites (N-methyl/N-ethyl adjacent to an activating group) is 1. The molecule has 0 bridgehead atoms. The standard InChI is InChI=1S/C14H26N2O3/c1-4-15(11-14(18)19-5-2)10-13(17)16-9-7-6-8-12(16)3/h12H,4-11H2,1-3H3. The van der Waals surface area contributed by atoms with Gasteiger partial charge in [0, 0.05) is 12.6 Å². The van der Waals surface area contributed by atoms with Crippen molar-refractivity contribution in [2.24, 2.45) is 0 Å². The fourth-order valence-corrected chi connectivity index (χ4v) is 2.42. The lowest BCUT2D eigenvalue weighted by Gasteiger charge is -2.34. The molecular formula is C14H26N2O3. The van der Waals surface area contributed by atoms with E-state index in [-0.39, 0.29) is 18.4 Å². The molecule has 0 aliphatic carbocycles. The van der Waals surface area contributed by atoms with Crippen LogP contribution >= 0.6 is 0 Å². The van der Waals surface area contributed by atoms with Crippen molar-refractivity contribution in [2.45, 2.75) is 46.1 Å². The minimum absolute atomic E-state index is 0.123. The van der Waals surface area contributed by atoms with Gasteiger partial charge in [-0.05, 0) is 39.7 Å². The number of amides is 1.